The van der Waals surface area contributed by atoms with Gasteiger partial charge in [0, 0.05) is 31.9 Å². The highest BCUT2D eigenvalue weighted by atomic mass is 16.3. The molecule has 0 radical (unpaired) electrons. The third kappa shape index (κ3) is 5.52. The predicted octanol–water partition coefficient (Wildman–Crippen LogP) is 6.83. The standard InChI is InChI=1S/C32H38N2O/c35-32(34-25-8-3-9-26-34,29-18-20-30(21-19-29)33-23-10-11-24-33)22-12-17-31(27-13-4-1-5-14-27)28-15-6-2-7-16-28/h1-2,4-7,13-21,35H,3,8-12,22-26H2. The van der Waals surface area contributed by atoms with E-state index in [-0.39, 0.29) is 0 Å². The summed E-state index contributed by atoms with van der Waals surface area (Å²) in [6.07, 6.45) is 9.92. The molecule has 3 heteroatoms. The van der Waals surface area contributed by atoms with Crippen LogP contribution in [-0.4, -0.2) is 36.2 Å². The molecule has 0 spiro atoms. The lowest BCUT2D eigenvalue weighted by molar-refractivity contribution is -0.129. The first kappa shape index (κ1) is 23.8. The number of rotatable bonds is 8. The molecule has 182 valence electrons. The second-order valence-electron chi connectivity index (χ2n) is 9.99. The maximum absolute atomic E-state index is 12.2. The SMILES string of the molecule is OC(CCC=C(c1ccccc1)c1ccccc1)(c1ccc(N2CCCC2)cc1)N1CCCCC1. The number of aliphatic hydroxyl groups is 1. The summed E-state index contributed by atoms with van der Waals surface area (Å²) in [5, 5.41) is 12.2. The Balaban J connectivity index is 1.41. The van der Waals surface area contributed by atoms with Gasteiger partial charge in [-0.25, -0.2) is 0 Å². The highest BCUT2D eigenvalue weighted by Crippen LogP contribution is 2.36. The number of likely N-dealkylation sites (tertiary alicyclic amines) is 1. The summed E-state index contributed by atoms with van der Waals surface area (Å²) in [5.41, 5.74) is 5.03. The van der Waals surface area contributed by atoms with Gasteiger partial charge in [-0.3, -0.25) is 4.90 Å². The summed E-state index contributed by atoms with van der Waals surface area (Å²) >= 11 is 0. The molecule has 35 heavy (non-hydrogen) atoms. The Morgan fingerprint density at radius 2 is 1.23 bits per heavy atom. The van der Waals surface area contributed by atoms with Crippen LogP contribution in [0.2, 0.25) is 0 Å². The van der Waals surface area contributed by atoms with Gasteiger partial charge in [0.1, 0.15) is 5.72 Å². The Morgan fingerprint density at radius 3 is 1.80 bits per heavy atom. The number of hydrogen-bond donors (Lipinski definition) is 1. The molecule has 3 nitrogen and oxygen atoms in total. The fraction of sp³-hybridized carbons (Fsp3) is 0.375. The molecule has 0 aromatic heterocycles. The van der Waals surface area contributed by atoms with Gasteiger partial charge in [-0.1, -0.05) is 85.3 Å². The zero-order valence-corrected chi connectivity index (χ0v) is 20.8. The van der Waals surface area contributed by atoms with E-state index >= 15 is 0 Å². The minimum absolute atomic E-state index is 0.680. The van der Waals surface area contributed by atoms with Gasteiger partial charge in [0.2, 0.25) is 0 Å². The average Bonchev–Trinajstić information content (AvgIpc) is 3.48. The Kier molecular flexibility index (Phi) is 7.66. The van der Waals surface area contributed by atoms with E-state index in [9.17, 15) is 5.11 Å². The van der Waals surface area contributed by atoms with Gasteiger partial charge in [-0.2, -0.15) is 0 Å². The quantitative estimate of drug-likeness (QED) is 0.394. The molecule has 2 aliphatic rings. The molecule has 1 atom stereocenters. The van der Waals surface area contributed by atoms with Crippen molar-refractivity contribution in [3.8, 4) is 0 Å². The molecule has 2 aliphatic heterocycles. The summed E-state index contributed by atoms with van der Waals surface area (Å²) in [4.78, 5) is 4.78. The van der Waals surface area contributed by atoms with Crippen molar-refractivity contribution in [3.63, 3.8) is 0 Å². The van der Waals surface area contributed by atoms with Gasteiger partial charge in [-0.05, 0) is 72.9 Å². The largest absolute Gasteiger partial charge is 0.372 e. The van der Waals surface area contributed by atoms with Crippen molar-refractivity contribution in [3.05, 3.63) is 108 Å². The highest BCUT2D eigenvalue weighted by Gasteiger charge is 2.36. The zero-order valence-electron chi connectivity index (χ0n) is 20.8. The van der Waals surface area contributed by atoms with Crippen LogP contribution in [0.25, 0.3) is 5.57 Å². The molecular formula is C32H38N2O. The van der Waals surface area contributed by atoms with Crippen LogP contribution in [0.3, 0.4) is 0 Å². The molecule has 0 amide bonds. The first-order valence-electron chi connectivity index (χ1n) is 13.4. The Bertz CT molecular complexity index is 1040. The van der Waals surface area contributed by atoms with E-state index in [2.05, 4.69) is 101 Å². The molecule has 3 aromatic rings. The van der Waals surface area contributed by atoms with E-state index in [0.29, 0.717) is 6.42 Å². The molecule has 5 rings (SSSR count). The zero-order chi connectivity index (χ0) is 23.9. The van der Waals surface area contributed by atoms with E-state index in [4.69, 9.17) is 0 Å². The van der Waals surface area contributed by atoms with Crippen LogP contribution in [0.5, 0.6) is 0 Å². The van der Waals surface area contributed by atoms with Gasteiger partial charge in [0.05, 0.1) is 0 Å². The van der Waals surface area contributed by atoms with Crippen LogP contribution in [0, 0.1) is 0 Å². The second-order valence-corrected chi connectivity index (χ2v) is 9.99. The van der Waals surface area contributed by atoms with Gasteiger partial charge < -0.3 is 10.0 Å². The minimum atomic E-state index is -0.945. The topological polar surface area (TPSA) is 26.7 Å². The van der Waals surface area contributed by atoms with Crippen LogP contribution >= 0.6 is 0 Å². The molecule has 2 fully saturated rings. The molecule has 2 saturated heterocycles. The van der Waals surface area contributed by atoms with Crippen molar-refractivity contribution in [2.75, 3.05) is 31.1 Å². The van der Waals surface area contributed by atoms with Crippen LogP contribution in [0.1, 0.15) is 61.6 Å². The molecule has 1 N–H and O–H groups in total. The molecule has 0 bridgehead atoms. The number of nitrogens with zero attached hydrogens (tertiary/aromatic N) is 2. The number of piperidine rings is 1. The fourth-order valence-electron chi connectivity index (χ4n) is 5.72. The van der Waals surface area contributed by atoms with Crippen LogP contribution in [-0.2, 0) is 5.72 Å². The summed E-state index contributed by atoms with van der Waals surface area (Å²) in [6.45, 7) is 4.20. The molecule has 0 saturated carbocycles. The van der Waals surface area contributed by atoms with Gasteiger partial charge in [-0.15, -0.1) is 0 Å². The summed E-state index contributed by atoms with van der Waals surface area (Å²) in [6, 6.07) is 30.0. The Labute approximate surface area is 210 Å². The fourth-order valence-corrected chi connectivity index (χ4v) is 5.72. The Hall–Kier alpha value is -2.88. The van der Waals surface area contributed by atoms with Crippen molar-refractivity contribution in [1.29, 1.82) is 0 Å². The van der Waals surface area contributed by atoms with Gasteiger partial charge in [0.25, 0.3) is 0 Å². The molecular weight excluding hydrogens is 428 g/mol. The van der Waals surface area contributed by atoms with Crippen LogP contribution < -0.4 is 4.90 Å². The number of benzene rings is 3. The van der Waals surface area contributed by atoms with Gasteiger partial charge >= 0.3 is 0 Å². The minimum Gasteiger partial charge on any atom is -0.372 e. The predicted molar refractivity (Wildman–Crippen MR) is 146 cm³/mol. The second kappa shape index (κ2) is 11.2. The smallest absolute Gasteiger partial charge is 0.144 e. The average molecular weight is 467 g/mol. The van der Waals surface area contributed by atoms with Gasteiger partial charge in [0.15, 0.2) is 0 Å². The number of allylic oxidation sites excluding steroid dienone is 1. The van der Waals surface area contributed by atoms with E-state index in [1.165, 1.54) is 41.6 Å². The maximum atomic E-state index is 12.2. The number of hydrogen-bond acceptors (Lipinski definition) is 3. The van der Waals surface area contributed by atoms with E-state index in [1.54, 1.807) is 0 Å². The Morgan fingerprint density at radius 1 is 0.686 bits per heavy atom. The first-order chi connectivity index (χ1) is 17.2. The molecule has 3 aromatic carbocycles. The third-order valence-corrected chi connectivity index (χ3v) is 7.69. The van der Waals surface area contributed by atoms with Crippen molar-refractivity contribution in [1.82, 2.24) is 4.90 Å². The maximum Gasteiger partial charge on any atom is 0.144 e. The molecule has 0 aliphatic carbocycles. The lowest BCUT2D eigenvalue weighted by Gasteiger charge is -2.42. The van der Waals surface area contributed by atoms with E-state index in [1.807, 2.05) is 0 Å². The number of anilines is 1. The van der Waals surface area contributed by atoms with Crippen LogP contribution in [0.4, 0.5) is 5.69 Å². The summed E-state index contributed by atoms with van der Waals surface area (Å²) in [5.74, 6) is 0. The molecule has 1 unspecified atom stereocenters. The normalized spacial score (nSPS) is 18.3. The lowest BCUT2D eigenvalue weighted by atomic mass is 9.91. The third-order valence-electron chi connectivity index (χ3n) is 7.69. The van der Waals surface area contributed by atoms with Crippen molar-refractivity contribution in [2.24, 2.45) is 0 Å². The lowest BCUT2D eigenvalue weighted by Crippen LogP contribution is -2.48. The van der Waals surface area contributed by atoms with Crippen molar-refractivity contribution >= 4 is 11.3 Å². The highest BCUT2D eigenvalue weighted by molar-refractivity contribution is 5.79. The van der Waals surface area contributed by atoms with Crippen molar-refractivity contribution < 1.29 is 5.11 Å². The van der Waals surface area contributed by atoms with E-state index < -0.39 is 5.72 Å². The summed E-state index contributed by atoms with van der Waals surface area (Å²) < 4.78 is 0. The molecule has 2 heterocycles. The van der Waals surface area contributed by atoms with Crippen LogP contribution in [0.15, 0.2) is 91.0 Å². The van der Waals surface area contributed by atoms with Crippen molar-refractivity contribution in [2.45, 2.75) is 50.7 Å². The first-order valence-corrected chi connectivity index (χ1v) is 13.4. The summed E-state index contributed by atoms with van der Waals surface area (Å²) in [7, 11) is 0. The monoisotopic (exact) mass is 466 g/mol. The van der Waals surface area contributed by atoms with E-state index in [0.717, 1.165) is 51.0 Å².